The Balaban J connectivity index is 2.39. The van der Waals surface area contributed by atoms with Gasteiger partial charge in [-0.3, -0.25) is 9.89 Å². The standard InChI is InChI=1S/C12H13ClN4O/c1-17(10(18)7-13)11(12-14-8-15-16-12)9-5-3-2-4-6-9/h2-6,8,11H,7H2,1H3,(H,14,15,16). The van der Waals surface area contributed by atoms with Crippen molar-refractivity contribution >= 4 is 17.5 Å². The molecule has 1 unspecified atom stereocenters. The fourth-order valence-corrected chi connectivity index (χ4v) is 1.97. The Labute approximate surface area is 110 Å². The monoisotopic (exact) mass is 264 g/mol. The van der Waals surface area contributed by atoms with Gasteiger partial charge in [0.2, 0.25) is 5.91 Å². The van der Waals surface area contributed by atoms with Crippen molar-refractivity contribution in [3.63, 3.8) is 0 Å². The smallest absolute Gasteiger partial charge is 0.238 e. The molecular formula is C12H13ClN4O. The first-order valence-corrected chi connectivity index (χ1v) is 5.99. The van der Waals surface area contributed by atoms with Gasteiger partial charge in [-0.25, -0.2) is 4.98 Å². The molecule has 2 rings (SSSR count). The fraction of sp³-hybridized carbons (Fsp3) is 0.250. The van der Waals surface area contributed by atoms with Crippen LogP contribution < -0.4 is 0 Å². The van der Waals surface area contributed by atoms with Crippen molar-refractivity contribution in [3.05, 3.63) is 48.0 Å². The number of benzene rings is 1. The third kappa shape index (κ3) is 2.51. The number of alkyl halides is 1. The minimum atomic E-state index is -0.306. The van der Waals surface area contributed by atoms with E-state index in [0.29, 0.717) is 5.82 Å². The molecule has 2 aromatic rings. The highest BCUT2D eigenvalue weighted by molar-refractivity contribution is 6.27. The molecule has 0 bridgehead atoms. The Bertz CT molecular complexity index is 500. The Kier molecular flexibility index (Phi) is 3.94. The summed E-state index contributed by atoms with van der Waals surface area (Å²) in [6, 6.07) is 9.32. The second-order valence-electron chi connectivity index (χ2n) is 3.82. The van der Waals surface area contributed by atoms with Crippen LogP contribution in [0.2, 0.25) is 0 Å². The first kappa shape index (κ1) is 12.6. The summed E-state index contributed by atoms with van der Waals surface area (Å²) in [6.07, 6.45) is 1.42. The molecule has 0 aliphatic rings. The van der Waals surface area contributed by atoms with Crippen LogP contribution in [0.4, 0.5) is 0 Å². The van der Waals surface area contributed by atoms with Gasteiger partial charge in [-0.05, 0) is 5.56 Å². The van der Waals surface area contributed by atoms with E-state index in [1.807, 2.05) is 30.3 Å². The van der Waals surface area contributed by atoms with Gasteiger partial charge in [-0.15, -0.1) is 11.6 Å². The van der Waals surface area contributed by atoms with Crippen molar-refractivity contribution in [1.29, 1.82) is 0 Å². The first-order valence-electron chi connectivity index (χ1n) is 5.46. The van der Waals surface area contributed by atoms with Gasteiger partial charge >= 0.3 is 0 Å². The molecule has 0 aliphatic carbocycles. The molecule has 1 heterocycles. The summed E-state index contributed by atoms with van der Waals surface area (Å²) >= 11 is 5.60. The molecular weight excluding hydrogens is 252 g/mol. The zero-order valence-corrected chi connectivity index (χ0v) is 10.6. The third-order valence-electron chi connectivity index (χ3n) is 2.70. The third-order valence-corrected chi connectivity index (χ3v) is 2.93. The van der Waals surface area contributed by atoms with Crippen molar-refractivity contribution in [2.75, 3.05) is 12.9 Å². The van der Waals surface area contributed by atoms with E-state index in [4.69, 9.17) is 11.6 Å². The van der Waals surface area contributed by atoms with Crippen molar-refractivity contribution < 1.29 is 4.79 Å². The van der Waals surface area contributed by atoms with Crippen LogP contribution in [0.5, 0.6) is 0 Å². The van der Waals surface area contributed by atoms with E-state index in [0.717, 1.165) is 5.56 Å². The van der Waals surface area contributed by atoms with Gasteiger partial charge in [-0.2, -0.15) is 5.10 Å². The normalized spacial score (nSPS) is 12.1. The zero-order chi connectivity index (χ0) is 13.0. The van der Waals surface area contributed by atoms with Crippen molar-refractivity contribution in [2.45, 2.75) is 6.04 Å². The predicted octanol–water partition coefficient (Wildman–Crippen LogP) is 1.59. The largest absolute Gasteiger partial charge is 0.330 e. The summed E-state index contributed by atoms with van der Waals surface area (Å²) < 4.78 is 0. The van der Waals surface area contributed by atoms with Crippen LogP contribution in [0.3, 0.4) is 0 Å². The topological polar surface area (TPSA) is 61.9 Å². The van der Waals surface area contributed by atoms with Crippen LogP contribution in [-0.2, 0) is 4.79 Å². The molecule has 0 saturated carbocycles. The number of H-pyrrole nitrogens is 1. The highest BCUT2D eigenvalue weighted by Crippen LogP contribution is 2.24. The lowest BCUT2D eigenvalue weighted by atomic mass is 10.1. The maximum atomic E-state index is 11.8. The van der Waals surface area contributed by atoms with Gasteiger partial charge in [0.05, 0.1) is 0 Å². The number of amides is 1. The van der Waals surface area contributed by atoms with E-state index in [1.54, 1.807) is 11.9 Å². The number of halogens is 1. The van der Waals surface area contributed by atoms with Gasteiger partial charge < -0.3 is 4.90 Å². The van der Waals surface area contributed by atoms with Gasteiger partial charge in [0.15, 0.2) is 5.82 Å². The summed E-state index contributed by atoms with van der Waals surface area (Å²) in [4.78, 5) is 17.4. The molecule has 94 valence electrons. The van der Waals surface area contributed by atoms with Crippen LogP contribution in [0.15, 0.2) is 36.7 Å². The van der Waals surface area contributed by atoms with E-state index in [9.17, 15) is 4.79 Å². The molecule has 6 heteroatoms. The van der Waals surface area contributed by atoms with Crippen LogP contribution in [0, 0.1) is 0 Å². The molecule has 5 nitrogen and oxygen atoms in total. The van der Waals surface area contributed by atoms with E-state index < -0.39 is 0 Å². The van der Waals surface area contributed by atoms with Crippen LogP contribution in [0.1, 0.15) is 17.4 Å². The number of nitrogens with zero attached hydrogens (tertiary/aromatic N) is 3. The molecule has 1 atom stereocenters. The molecule has 0 aliphatic heterocycles. The number of hydrogen-bond acceptors (Lipinski definition) is 3. The maximum absolute atomic E-state index is 11.8. The summed E-state index contributed by atoms with van der Waals surface area (Å²) in [5.41, 5.74) is 0.954. The molecule has 0 saturated heterocycles. The second kappa shape index (κ2) is 5.64. The first-order chi connectivity index (χ1) is 8.74. The average Bonchev–Trinajstić information content (AvgIpc) is 2.93. The van der Waals surface area contributed by atoms with E-state index >= 15 is 0 Å². The van der Waals surface area contributed by atoms with E-state index in [-0.39, 0.29) is 17.8 Å². The molecule has 0 spiro atoms. The lowest BCUT2D eigenvalue weighted by Gasteiger charge is -2.26. The van der Waals surface area contributed by atoms with Crippen LogP contribution >= 0.6 is 11.6 Å². The summed E-state index contributed by atoms with van der Waals surface area (Å²) in [6.45, 7) is 0. The van der Waals surface area contributed by atoms with Gasteiger partial charge in [-0.1, -0.05) is 30.3 Å². The predicted molar refractivity (Wildman–Crippen MR) is 68.2 cm³/mol. The highest BCUT2D eigenvalue weighted by Gasteiger charge is 2.25. The molecule has 1 amide bonds. The highest BCUT2D eigenvalue weighted by atomic mass is 35.5. The van der Waals surface area contributed by atoms with Crippen LogP contribution in [-0.4, -0.2) is 38.9 Å². The SMILES string of the molecule is CN(C(=O)CCl)C(c1ccccc1)c1ncn[nH]1. The average molecular weight is 265 g/mol. The molecule has 1 aromatic carbocycles. The lowest BCUT2D eigenvalue weighted by Crippen LogP contribution is -2.33. The van der Waals surface area contributed by atoms with Crippen LogP contribution in [0.25, 0.3) is 0 Å². The number of aromatic nitrogens is 3. The minimum absolute atomic E-state index is 0.0615. The summed E-state index contributed by atoms with van der Waals surface area (Å²) in [5, 5.41) is 6.63. The second-order valence-corrected chi connectivity index (χ2v) is 4.09. The van der Waals surface area contributed by atoms with E-state index in [2.05, 4.69) is 15.2 Å². The van der Waals surface area contributed by atoms with Crippen molar-refractivity contribution in [2.24, 2.45) is 0 Å². The lowest BCUT2D eigenvalue weighted by molar-refractivity contribution is -0.128. The van der Waals surface area contributed by atoms with Gasteiger partial charge in [0.1, 0.15) is 18.2 Å². The molecule has 0 fully saturated rings. The van der Waals surface area contributed by atoms with Gasteiger partial charge in [0.25, 0.3) is 0 Å². The summed E-state index contributed by atoms with van der Waals surface area (Å²) in [5.74, 6) is 0.387. The Morgan fingerprint density at radius 3 is 2.72 bits per heavy atom. The number of rotatable bonds is 4. The molecule has 18 heavy (non-hydrogen) atoms. The molecule has 1 N–H and O–H groups in total. The number of nitrogens with one attached hydrogen (secondary N) is 1. The fourth-order valence-electron chi connectivity index (χ4n) is 1.79. The number of carbonyl (C=O) groups excluding carboxylic acids is 1. The number of hydrogen-bond donors (Lipinski definition) is 1. The quantitative estimate of drug-likeness (QED) is 0.853. The van der Waals surface area contributed by atoms with Gasteiger partial charge in [0, 0.05) is 7.05 Å². The molecule has 0 radical (unpaired) electrons. The minimum Gasteiger partial charge on any atom is -0.330 e. The Hall–Kier alpha value is -1.88. The maximum Gasteiger partial charge on any atom is 0.238 e. The number of aromatic amines is 1. The molecule has 1 aromatic heterocycles. The Morgan fingerprint density at radius 1 is 1.44 bits per heavy atom. The number of carbonyl (C=O) groups is 1. The van der Waals surface area contributed by atoms with Crippen molar-refractivity contribution in [3.8, 4) is 0 Å². The zero-order valence-electron chi connectivity index (χ0n) is 9.88. The van der Waals surface area contributed by atoms with E-state index in [1.165, 1.54) is 6.33 Å². The van der Waals surface area contributed by atoms with Crippen molar-refractivity contribution in [1.82, 2.24) is 20.1 Å². The summed E-state index contributed by atoms with van der Waals surface area (Å²) in [7, 11) is 1.70. The Morgan fingerprint density at radius 2 is 2.17 bits per heavy atom.